The van der Waals surface area contributed by atoms with E-state index in [1.165, 1.54) is 6.07 Å². The van der Waals surface area contributed by atoms with Gasteiger partial charge in [-0.15, -0.1) is 0 Å². The van der Waals surface area contributed by atoms with Crippen LogP contribution < -0.4 is 4.74 Å². The van der Waals surface area contributed by atoms with Gasteiger partial charge in [0.1, 0.15) is 5.75 Å². The molecule has 19 heavy (non-hydrogen) atoms. The van der Waals surface area contributed by atoms with Crippen LogP contribution in [0.2, 0.25) is 0 Å². The number of rotatable bonds is 6. The molecule has 0 saturated heterocycles. The average molecular weight is 276 g/mol. The van der Waals surface area contributed by atoms with Gasteiger partial charge in [0.2, 0.25) is 0 Å². The molecule has 0 saturated carbocycles. The van der Waals surface area contributed by atoms with Crippen LogP contribution in [0.25, 0.3) is 0 Å². The highest BCUT2D eigenvalue weighted by molar-refractivity contribution is 5.40. The molecule has 0 heterocycles. The Morgan fingerprint density at radius 3 is 2.37 bits per heavy atom. The maximum absolute atomic E-state index is 13.0. The van der Waals surface area contributed by atoms with Crippen molar-refractivity contribution in [2.45, 2.75) is 32.4 Å². The summed E-state index contributed by atoms with van der Waals surface area (Å²) in [5.74, 6) is -0.0726. The second-order valence-corrected chi connectivity index (χ2v) is 4.60. The van der Waals surface area contributed by atoms with Crippen molar-refractivity contribution in [1.82, 2.24) is 0 Å². The molecule has 0 fully saturated rings. The summed E-state index contributed by atoms with van der Waals surface area (Å²) in [5, 5.41) is 0. The summed E-state index contributed by atoms with van der Waals surface area (Å²) in [6.45, 7) is 4.38. The minimum absolute atomic E-state index is 0.0450. The Kier molecular flexibility index (Phi) is 5.66. The zero-order chi connectivity index (χ0) is 14.5. The van der Waals surface area contributed by atoms with E-state index in [0.717, 1.165) is 6.07 Å². The van der Waals surface area contributed by atoms with Crippen LogP contribution in [-0.4, -0.2) is 20.3 Å². The Bertz CT molecular complexity index is 400. The molecule has 5 heteroatoms. The van der Waals surface area contributed by atoms with Gasteiger partial charge >= 0.3 is 6.18 Å². The van der Waals surface area contributed by atoms with Crippen molar-refractivity contribution in [1.29, 1.82) is 0 Å². The molecule has 0 unspecified atom stereocenters. The number of ether oxygens (including phenoxy) is 2. The van der Waals surface area contributed by atoms with Gasteiger partial charge < -0.3 is 9.47 Å². The van der Waals surface area contributed by atoms with E-state index in [4.69, 9.17) is 9.47 Å². The number of benzene rings is 1. The average Bonchev–Trinajstić information content (AvgIpc) is 2.33. The molecule has 1 aromatic rings. The van der Waals surface area contributed by atoms with E-state index in [2.05, 4.69) is 0 Å². The normalized spacial score (nSPS) is 11.9. The molecule has 0 aromatic heterocycles. The SMILES string of the molecule is COCCCOc1ccc(C(C)C)cc1C(F)(F)F. The molecular formula is C14H19F3O2. The molecule has 0 bridgehead atoms. The lowest BCUT2D eigenvalue weighted by atomic mass is 10.00. The lowest BCUT2D eigenvalue weighted by Gasteiger charge is -2.16. The van der Waals surface area contributed by atoms with E-state index >= 15 is 0 Å². The summed E-state index contributed by atoms with van der Waals surface area (Å²) in [7, 11) is 1.54. The van der Waals surface area contributed by atoms with E-state index in [1.807, 2.05) is 13.8 Å². The first-order chi connectivity index (χ1) is 8.86. The van der Waals surface area contributed by atoms with Crippen molar-refractivity contribution < 1.29 is 22.6 Å². The summed E-state index contributed by atoms with van der Waals surface area (Å²) >= 11 is 0. The van der Waals surface area contributed by atoms with E-state index in [0.29, 0.717) is 18.6 Å². The maximum Gasteiger partial charge on any atom is 0.419 e. The molecule has 1 rings (SSSR count). The van der Waals surface area contributed by atoms with Crippen LogP contribution in [0, 0.1) is 0 Å². The van der Waals surface area contributed by atoms with Gasteiger partial charge in [0.05, 0.1) is 12.2 Å². The highest BCUT2D eigenvalue weighted by Crippen LogP contribution is 2.38. The van der Waals surface area contributed by atoms with Gasteiger partial charge in [-0.25, -0.2) is 0 Å². The molecule has 0 spiro atoms. The first kappa shape index (κ1) is 15.8. The molecule has 2 nitrogen and oxygen atoms in total. The standard InChI is InChI=1S/C14H19F3O2/c1-10(2)11-5-6-13(19-8-4-7-18-3)12(9-11)14(15,16)17/h5-6,9-10H,4,7-8H2,1-3H3. The third-order valence-electron chi connectivity index (χ3n) is 2.73. The number of alkyl halides is 3. The van der Waals surface area contributed by atoms with Crippen molar-refractivity contribution in [3.8, 4) is 5.75 Å². The number of hydrogen-bond acceptors (Lipinski definition) is 2. The summed E-state index contributed by atoms with van der Waals surface area (Å²) in [6, 6.07) is 4.23. The number of hydrogen-bond donors (Lipinski definition) is 0. The zero-order valence-electron chi connectivity index (χ0n) is 11.4. The molecule has 0 aliphatic carbocycles. The molecule has 0 amide bonds. The summed E-state index contributed by atoms with van der Waals surface area (Å²) in [6.07, 6.45) is -3.85. The first-order valence-electron chi connectivity index (χ1n) is 6.19. The van der Waals surface area contributed by atoms with Gasteiger partial charge in [0.15, 0.2) is 0 Å². The molecule has 0 aliphatic rings. The van der Waals surface area contributed by atoms with Gasteiger partial charge in [0, 0.05) is 20.1 Å². The fraction of sp³-hybridized carbons (Fsp3) is 0.571. The third-order valence-corrected chi connectivity index (χ3v) is 2.73. The minimum atomic E-state index is -4.40. The van der Waals surface area contributed by atoms with Gasteiger partial charge in [-0.1, -0.05) is 19.9 Å². The fourth-order valence-corrected chi connectivity index (χ4v) is 1.64. The highest BCUT2D eigenvalue weighted by Gasteiger charge is 2.34. The molecule has 0 atom stereocenters. The Balaban J connectivity index is 2.90. The van der Waals surface area contributed by atoms with Crippen molar-refractivity contribution in [2.24, 2.45) is 0 Å². The monoisotopic (exact) mass is 276 g/mol. The number of methoxy groups -OCH3 is 1. The number of halogens is 3. The summed E-state index contributed by atoms with van der Waals surface area (Å²) < 4.78 is 48.9. The van der Waals surface area contributed by atoms with Crippen LogP contribution in [0.5, 0.6) is 5.75 Å². The van der Waals surface area contributed by atoms with E-state index in [-0.39, 0.29) is 18.3 Å². The van der Waals surface area contributed by atoms with Crippen molar-refractivity contribution in [3.05, 3.63) is 29.3 Å². The van der Waals surface area contributed by atoms with Crippen LogP contribution >= 0.6 is 0 Å². The Morgan fingerprint density at radius 2 is 1.84 bits per heavy atom. The Labute approximate surface area is 111 Å². The topological polar surface area (TPSA) is 18.5 Å². The third kappa shape index (κ3) is 4.74. The van der Waals surface area contributed by atoms with Gasteiger partial charge in [-0.2, -0.15) is 13.2 Å². The molecule has 0 N–H and O–H groups in total. The van der Waals surface area contributed by atoms with E-state index < -0.39 is 11.7 Å². The fourth-order valence-electron chi connectivity index (χ4n) is 1.64. The van der Waals surface area contributed by atoms with Crippen LogP contribution in [0.3, 0.4) is 0 Å². The minimum Gasteiger partial charge on any atom is -0.493 e. The van der Waals surface area contributed by atoms with E-state index in [1.54, 1.807) is 13.2 Å². The summed E-state index contributed by atoms with van der Waals surface area (Å²) in [4.78, 5) is 0. The van der Waals surface area contributed by atoms with Crippen molar-refractivity contribution in [2.75, 3.05) is 20.3 Å². The van der Waals surface area contributed by atoms with E-state index in [9.17, 15) is 13.2 Å². The van der Waals surface area contributed by atoms with Crippen LogP contribution in [0.4, 0.5) is 13.2 Å². The van der Waals surface area contributed by atoms with Crippen LogP contribution in [0.15, 0.2) is 18.2 Å². The molecule has 1 aromatic carbocycles. The van der Waals surface area contributed by atoms with Crippen LogP contribution in [0.1, 0.15) is 37.3 Å². The molecule has 0 aliphatic heterocycles. The van der Waals surface area contributed by atoms with Crippen molar-refractivity contribution in [3.63, 3.8) is 0 Å². The quantitative estimate of drug-likeness (QED) is 0.723. The van der Waals surface area contributed by atoms with Gasteiger partial charge in [0.25, 0.3) is 0 Å². The molecule has 0 radical (unpaired) electrons. The highest BCUT2D eigenvalue weighted by atomic mass is 19.4. The molecular weight excluding hydrogens is 257 g/mol. The smallest absolute Gasteiger partial charge is 0.419 e. The predicted molar refractivity (Wildman–Crippen MR) is 67.5 cm³/mol. The lowest BCUT2D eigenvalue weighted by Crippen LogP contribution is -2.11. The van der Waals surface area contributed by atoms with Gasteiger partial charge in [-0.05, 0) is 23.6 Å². The summed E-state index contributed by atoms with van der Waals surface area (Å²) in [5.41, 5.74) is -0.0623. The van der Waals surface area contributed by atoms with Crippen LogP contribution in [-0.2, 0) is 10.9 Å². The zero-order valence-corrected chi connectivity index (χ0v) is 11.4. The maximum atomic E-state index is 13.0. The Hall–Kier alpha value is -1.23. The van der Waals surface area contributed by atoms with Gasteiger partial charge in [-0.3, -0.25) is 0 Å². The second-order valence-electron chi connectivity index (χ2n) is 4.60. The molecule has 108 valence electrons. The van der Waals surface area contributed by atoms with Crippen molar-refractivity contribution >= 4 is 0 Å². The predicted octanol–water partition coefficient (Wildman–Crippen LogP) is 4.24. The Morgan fingerprint density at radius 1 is 1.16 bits per heavy atom. The second kappa shape index (κ2) is 6.80. The lowest BCUT2D eigenvalue weighted by molar-refractivity contribution is -0.139. The largest absolute Gasteiger partial charge is 0.493 e. The first-order valence-corrected chi connectivity index (χ1v) is 6.19.